The van der Waals surface area contributed by atoms with Crippen LogP contribution in [-0.4, -0.2) is 11.7 Å². The van der Waals surface area contributed by atoms with Crippen LogP contribution in [0, 0.1) is 0 Å². The topological polar surface area (TPSA) is 29.5 Å². The van der Waals surface area contributed by atoms with E-state index in [1.54, 1.807) is 12.1 Å². The second-order valence-electron chi connectivity index (χ2n) is 5.87. The first-order valence-electron chi connectivity index (χ1n) is 7.27. The fourth-order valence-corrected chi connectivity index (χ4v) is 3.25. The molecule has 0 fully saturated rings. The molecule has 2 unspecified atom stereocenters. The lowest BCUT2D eigenvalue weighted by Gasteiger charge is -2.42. The fraction of sp³-hybridized carbons (Fsp3) is 0.300. The van der Waals surface area contributed by atoms with E-state index in [4.69, 9.17) is 4.74 Å². The number of fused-ring (bicyclic) bond motifs is 1. The standard InChI is InChI=1S/C19H20O2.CH4/c1-3-6-17-16-7-4-5-8-18(16)21-13-19(17,2)14-9-11-15(20)12-10-14;/h3-5,7-12,17,20H,1,6,13H2,2H3;1H4. The van der Waals surface area contributed by atoms with Crippen LogP contribution in [0.5, 0.6) is 11.5 Å². The minimum Gasteiger partial charge on any atom is -0.508 e. The largest absolute Gasteiger partial charge is 0.508 e. The summed E-state index contributed by atoms with van der Waals surface area (Å²) >= 11 is 0. The quantitative estimate of drug-likeness (QED) is 0.804. The minimum atomic E-state index is -0.129. The van der Waals surface area contributed by atoms with Crippen molar-refractivity contribution in [1.29, 1.82) is 0 Å². The fourth-order valence-electron chi connectivity index (χ4n) is 3.25. The zero-order chi connectivity index (χ0) is 14.9. The first-order valence-corrected chi connectivity index (χ1v) is 7.27. The van der Waals surface area contributed by atoms with Gasteiger partial charge >= 0.3 is 0 Å². The van der Waals surface area contributed by atoms with E-state index in [0.717, 1.165) is 12.2 Å². The van der Waals surface area contributed by atoms with Gasteiger partial charge in [0, 0.05) is 11.3 Å². The minimum absolute atomic E-state index is 0. The molecule has 0 aliphatic carbocycles. The van der Waals surface area contributed by atoms with Gasteiger partial charge < -0.3 is 9.84 Å². The Morgan fingerprint density at radius 1 is 1.23 bits per heavy atom. The lowest BCUT2D eigenvalue weighted by Crippen LogP contribution is -2.40. The number of ether oxygens (including phenoxy) is 1. The summed E-state index contributed by atoms with van der Waals surface area (Å²) in [7, 11) is 0. The summed E-state index contributed by atoms with van der Waals surface area (Å²) in [5.74, 6) is 1.59. The molecule has 2 nitrogen and oxygen atoms in total. The van der Waals surface area contributed by atoms with E-state index in [-0.39, 0.29) is 12.8 Å². The Bertz CT molecular complexity index is 645. The molecule has 0 saturated carbocycles. The number of benzene rings is 2. The number of allylic oxidation sites excluding steroid dienone is 1. The zero-order valence-corrected chi connectivity index (χ0v) is 12.3. The molecule has 0 bridgehead atoms. The van der Waals surface area contributed by atoms with Gasteiger partial charge in [0.25, 0.3) is 0 Å². The van der Waals surface area contributed by atoms with E-state index < -0.39 is 0 Å². The highest BCUT2D eigenvalue weighted by Crippen LogP contribution is 2.48. The summed E-state index contributed by atoms with van der Waals surface area (Å²) in [6, 6.07) is 15.7. The third kappa shape index (κ3) is 2.61. The Morgan fingerprint density at radius 3 is 2.59 bits per heavy atom. The van der Waals surface area contributed by atoms with Crippen LogP contribution in [0.15, 0.2) is 61.2 Å². The molecule has 0 amide bonds. The van der Waals surface area contributed by atoms with Gasteiger partial charge in [-0.15, -0.1) is 6.58 Å². The zero-order valence-electron chi connectivity index (χ0n) is 12.3. The molecule has 1 N–H and O–H groups in total. The lowest BCUT2D eigenvalue weighted by molar-refractivity contribution is 0.169. The SMILES string of the molecule is C.C=CCC1c2ccccc2OCC1(C)c1ccc(O)cc1. The smallest absolute Gasteiger partial charge is 0.122 e. The lowest BCUT2D eigenvalue weighted by atomic mass is 9.66. The Labute approximate surface area is 133 Å². The van der Waals surface area contributed by atoms with Crippen molar-refractivity contribution >= 4 is 0 Å². The highest BCUT2D eigenvalue weighted by atomic mass is 16.5. The molecule has 0 saturated heterocycles. The van der Waals surface area contributed by atoms with Gasteiger partial charge in [-0.1, -0.05) is 50.8 Å². The van der Waals surface area contributed by atoms with Gasteiger partial charge in [0.1, 0.15) is 11.5 Å². The maximum atomic E-state index is 9.52. The summed E-state index contributed by atoms with van der Waals surface area (Å²) in [4.78, 5) is 0. The van der Waals surface area contributed by atoms with Crippen LogP contribution >= 0.6 is 0 Å². The van der Waals surface area contributed by atoms with Crippen molar-refractivity contribution in [2.24, 2.45) is 0 Å². The van der Waals surface area contributed by atoms with Crippen molar-refractivity contribution in [3.05, 3.63) is 72.3 Å². The van der Waals surface area contributed by atoms with Crippen molar-refractivity contribution in [3.63, 3.8) is 0 Å². The average molecular weight is 296 g/mol. The number of rotatable bonds is 3. The molecule has 2 atom stereocenters. The predicted molar refractivity (Wildman–Crippen MR) is 91.7 cm³/mol. The summed E-state index contributed by atoms with van der Waals surface area (Å²) < 4.78 is 6.00. The Kier molecular flexibility index (Phi) is 4.60. The number of hydrogen-bond donors (Lipinski definition) is 1. The Morgan fingerprint density at radius 2 is 1.91 bits per heavy atom. The first kappa shape index (κ1) is 16.2. The molecule has 2 aromatic carbocycles. The maximum absolute atomic E-state index is 9.52. The summed E-state index contributed by atoms with van der Waals surface area (Å²) in [5.41, 5.74) is 2.29. The normalized spacial score (nSPS) is 22.9. The number of phenolic OH excluding ortho intramolecular Hbond substituents is 1. The predicted octanol–water partition coefficient (Wildman–Crippen LogP) is 5.04. The van der Waals surface area contributed by atoms with Crippen LogP contribution < -0.4 is 4.74 Å². The van der Waals surface area contributed by atoms with Crippen LogP contribution in [0.1, 0.15) is 37.8 Å². The average Bonchev–Trinajstić information content (AvgIpc) is 2.51. The molecule has 3 rings (SSSR count). The van der Waals surface area contributed by atoms with E-state index in [1.165, 1.54) is 11.1 Å². The van der Waals surface area contributed by atoms with E-state index in [2.05, 4.69) is 25.6 Å². The van der Waals surface area contributed by atoms with E-state index in [0.29, 0.717) is 18.3 Å². The van der Waals surface area contributed by atoms with Crippen molar-refractivity contribution < 1.29 is 9.84 Å². The molecule has 0 spiro atoms. The number of aromatic hydroxyl groups is 1. The van der Waals surface area contributed by atoms with Crippen LogP contribution in [-0.2, 0) is 5.41 Å². The van der Waals surface area contributed by atoms with Crippen LogP contribution in [0.3, 0.4) is 0 Å². The number of phenols is 1. The van der Waals surface area contributed by atoms with Crippen molar-refractivity contribution in [2.45, 2.75) is 32.1 Å². The molecular weight excluding hydrogens is 272 g/mol. The molecular formula is C20H24O2. The maximum Gasteiger partial charge on any atom is 0.122 e. The van der Waals surface area contributed by atoms with Gasteiger partial charge in [-0.2, -0.15) is 0 Å². The summed E-state index contributed by atoms with van der Waals surface area (Å²) in [6.45, 7) is 6.78. The van der Waals surface area contributed by atoms with Gasteiger partial charge in [-0.3, -0.25) is 0 Å². The molecule has 116 valence electrons. The highest BCUT2D eigenvalue weighted by Gasteiger charge is 2.41. The molecule has 0 aromatic heterocycles. The molecule has 2 heteroatoms. The van der Waals surface area contributed by atoms with E-state index in [1.807, 2.05) is 30.3 Å². The third-order valence-electron chi connectivity index (χ3n) is 4.52. The second kappa shape index (κ2) is 6.27. The van der Waals surface area contributed by atoms with Gasteiger partial charge in [0.15, 0.2) is 0 Å². The number of hydrogen-bond acceptors (Lipinski definition) is 2. The monoisotopic (exact) mass is 296 g/mol. The number of para-hydroxylation sites is 1. The molecule has 1 aliphatic heterocycles. The third-order valence-corrected chi connectivity index (χ3v) is 4.52. The molecule has 22 heavy (non-hydrogen) atoms. The van der Waals surface area contributed by atoms with Crippen molar-refractivity contribution in [3.8, 4) is 11.5 Å². The molecule has 1 aliphatic rings. The second-order valence-corrected chi connectivity index (χ2v) is 5.87. The van der Waals surface area contributed by atoms with Gasteiger partial charge in [-0.25, -0.2) is 0 Å². The van der Waals surface area contributed by atoms with Crippen LogP contribution in [0.25, 0.3) is 0 Å². The van der Waals surface area contributed by atoms with E-state index >= 15 is 0 Å². The molecule has 2 aromatic rings. The first-order chi connectivity index (χ1) is 10.1. The van der Waals surface area contributed by atoms with E-state index in [9.17, 15) is 5.11 Å². The van der Waals surface area contributed by atoms with Gasteiger partial charge in [-0.05, 0) is 35.7 Å². The Hall–Kier alpha value is -2.22. The van der Waals surface area contributed by atoms with Crippen LogP contribution in [0.4, 0.5) is 0 Å². The van der Waals surface area contributed by atoms with Gasteiger partial charge in [0.05, 0.1) is 6.61 Å². The van der Waals surface area contributed by atoms with Crippen LogP contribution in [0.2, 0.25) is 0 Å². The van der Waals surface area contributed by atoms with Crippen molar-refractivity contribution in [2.75, 3.05) is 6.61 Å². The summed E-state index contributed by atoms with van der Waals surface area (Å²) in [6.07, 6.45) is 2.88. The Balaban J connectivity index is 0.00000176. The van der Waals surface area contributed by atoms with Crippen molar-refractivity contribution in [1.82, 2.24) is 0 Å². The summed E-state index contributed by atoms with van der Waals surface area (Å²) in [5, 5.41) is 9.52. The molecule has 0 radical (unpaired) electrons. The van der Waals surface area contributed by atoms with Gasteiger partial charge in [0.2, 0.25) is 0 Å². The highest BCUT2D eigenvalue weighted by molar-refractivity contribution is 5.45. The molecule has 1 heterocycles.